The molecule has 0 amide bonds. The summed E-state index contributed by atoms with van der Waals surface area (Å²) in [5.74, 6) is 0.886. The van der Waals surface area contributed by atoms with Gasteiger partial charge in [0, 0.05) is 18.0 Å². The first-order valence-electron chi connectivity index (χ1n) is 5.78. The van der Waals surface area contributed by atoms with Crippen molar-refractivity contribution in [1.29, 1.82) is 0 Å². The Kier molecular flexibility index (Phi) is 5.29. The smallest absolute Gasteiger partial charge is 0.129 e. The molecule has 2 aromatic heterocycles. The molecule has 2 heterocycles. The van der Waals surface area contributed by atoms with E-state index in [9.17, 15) is 0 Å². The number of thiophene rings is 1. The molecule has 2 aromatic rings. The van der Waals surface area contributed by atoms with Crippen molar-refractivity contribution in [2.45, 2.75) is 19.6 Å². The third-order valence-corrected chi connectivity index (χ3v) is 3.22. The van der Waals surface area contributed by atoms with E-state index in [0.29, 0.717) is 6.61 Å². The Labute approximate surface area is 105 Å². The van der Waals surface area contributed by atoms with Crippen LogP contribution in [0.4, 0.5) is 0 Å². The van der Waals surface area contributed by atoms with Crippen molar-refractivity contribution >= 4 is 11.3 Å². The summed E-state index contributed by atoms with van der Waals surface area (Å²) in [5.41, 5.74) is 0. The van der Waals surface area contributed by atoms with Crippen LogP contribution in [0, 0.1) is 0 Å². The molecule has 0 atom stereocenters. The van der Waals surface area contributed by atoms with Crippen molar-refractivity contribution < 1.29 is 9.15 Å². The van der Waals surface area contributed by atoms with Gasteiger partial charge in [0.1, 0.15) is 12.4 Å². The molecule has 2 rings (SSSR count). The number of furan rings is 1. The van der Waals surface area contributed by atoms with E-state index >= 15 is 0 Å². The summed E-state index contributed by atoms with van der Waals surface area (Å²) in [6.45, 7) is 3.27. The second kappa shape index (κ2) is 7.27. The zero-order valence-electron chi connectivity index (χ0n) is 9.72. The van der Waals surface area contributed by atoms with Gasteiger partial charge in [0.05, 0.1) is 6.26 Å². The molecule has 0 aliphatic heterocycles. The fourth-order valence-corrected chi connectivity index (χ4v) is 2.17. The highest BCUT2D eigenvalue weighted by Crippen LogP contribution is 2.07. The SMILES string of the molecule is c1coc(COCCCNCc2cccs2)c1. The van der Waals surface area contributed by atoms with Gasteiger partial charge in [0.25, 0.3) is 0 Å². The summed E-state index contributed by atoms with van der Waals surface area (Å²) in [6, 6.07) is 8.02. The summed E-state index contributed by atoms with van der Waals surface area (Å²) in [5, 5.41) is 5.49. The molecule has 0 saturated heterocycles. The molecule has 0 unspecified atom stereocenters. The van der Waals surface area contributed by atoms with Crippen LogP contribution in [0.25, 0.3) is 0 Å². The van der Waals surface area contributed by atoms with E-state index in [2.05, 4.69) is 22.8 Å². The minimum absolute atomic E-state index is 0.567. The molecule has 0 spiro atoms. The third kappa shape index (κ3) is 4.73. The largest absolute Gasteiger partial charge is 0.467 e. The van der Waals surface area contributed by atoms with Gasteiger partial charge in [0.2, 0.25) is 0 Å². The minimum atomic E-state index is 0.567. The highest BCUT2D eigenvalue weighted by atomic mass is 32.1. The van der Waals surface area contributed by atoms with Crippen LogP contribution in [0.15, 0.2) is 40.3 Å². The van der Waals surface area contributed by atoms with Gasteiger partial charge >= 0.3 is 0 Å². The normalized spacial score (nSPS) is 10.8. The Balaban J connectivity index is 1.44. The van der Waals surface area contributed by atoms with Crippen LogP contribution in [0.5, 0.6) is 0 Å². The van der Waals surface area contributed by atoms with Crippen molar-refractivity contribution in [1.82, 2.24) is 5.32 Å². The maximum Gasteiger partial charge on any atom is 0.129 e. The van der Waals surface area contributed by atoms with Crippen molar-refractivity contribution in [3.63, 3.8) is 0 Å². The molecule has 0 fully saturated rings. The van der Waals surface area contributed by atoms with Gasteiger partial charge in [0.15, 0.2) is 0 Å². The van der Waals surface area contributed by atoms with Crippen LogP contribution in [-0.4, -0.2) is 13.2 Å². The third-order valence-electron chi connectivity index (χ3n) is 2.35. The lowest BCUT2D eigenvalue weighted by Gasteiger charge is -2.03. The quantitative estimate of drug-likeness (QED) is 0.732. The lowest BCUT2D eigenvalue weighted by atomic mass is 10.4. The monoisotopic (exact) mass is 251 g/mol. The first-order valence-corrected chi connectivity index (χ1v) is 6.66. The predicted octanol–water partition coefficient (Wildman–Crippen LogP) is 3.04. The predicted molar refractivity (Wildman–Crippen MR) is 69.0 cm³/mol. The average molecular weight is 251 g/mol. The van der Waals surface area contributed by atoms with E-state index in [-0.39, 0.29) is 0 Å². The Hall–Kier alpha value is -1.10. The van der Waals surface area contributed by atoms with Crippen molar-refractivity contribution in [2.24, 2.45) is 0 Å². The molecule has 3 nitrogen and oxygen atoms in total. The summed E-state index contributed by atoms with van der Waals surface area (Å²) < 4.78 is 10.7. The van der Waals surface area contributed by atoms with E-state index in [1.165, 1.54) is 4.88 Å². The van der Waals surface area contributed by atoms with E-state index in [0.717, 1.165) is 31.9 Å². The molecule has 0 radical (unpaired) electrons. The van der Waals surface area contributed by atoms with Gasteiger partial charge in [-0.15, -0.1) is 11.3 Å². The fourth-order valence-electron chi connectivity index (χ4n) is 1.49. The van der Waals surface area contributed by atoms with Gasteiger partial charge in [-0.05, 0) is 36.5 Å². The van der Waals surface area contributed by atoms with Crippen LogP contribution >= 0.6 is 11.3 Å². The standard InChI is InChI=1S/C13H17NO2S/c1-4-12(16-8-1)11-15-7-3-6-14-10-13-5-2-9-17-13/h1-2,4-5,8-9,14H,3,6-7,10-11H2. The van der Waals surface area contributed by atoms with Gasteiger partial charge in [-0.3, -0.25) is 0 Å². The van der Waals surface area contributed by atoms with Crippen LogP contribution < -0.4 is 5.32 Å². The molecular weight excluding hydrogens is 234 g/mol. The highest BCUT2D eigenvalue weighted by molar-refractivity contribution is 7.09. The summed E-state index contributed by atoms with van der Waals surface area (Å²) >= 11 is 1.78. The van der Waals surface area contributed by atoms with E-state index in [1.54, 1.807) is 17.6 Å². The zero-order valence-corrected chi connectivity index (χ0v) is 10.5. The minimum Gasteiger partial charge on any atom is -0.467 e. The fraction of sp³-hybridized carbons (Fsp3) is 0.385. The van der Waals surface area contributed by atoms with Crippen LogP contribution in [0.2, 0.25) is 0 Å². The van der Waals surface area contributed by atoms with E-state index in [4.69, 9.17) is 9.15 Å². The molecule has 1 N–H and O–H groups in total. The van der Waals surface area contributed by atoms with Crippen molar-refractivity contribution in [2.75, 3.05) is 13.2 Å². The Morgan fingerprint density at radius 3 is 3.06 bits per heavy atom. The van der Waals surface area contributed by atoms with E-state index < -0.39 is 0 Å². The summed E-state index contributed by atoms with van der Waals surface area (Å²) in [6.07, 6.45) is 2.69. The van der Waals surface area contributed by atoms with Gasteiger partial charge in [-0.25, -0.2) is 0 Å². The summed E-state index contributed by atoms with van der Waals surface area (Å²) in [7, 11) is 0. The molecule has 0 aliphatic rings. The maximum absolute atomic E-state index is 5.48. The van der Waals surface area contributed by atoms with Crippen LogP contribution in [0.1, 0.15) is 17.1 Å². The molecular formula is C13H17NO2S. The molecule has 0 aromatic carbocycles. The first-order chi connectivity index (χ1) is 8.45. The average Bonchev–Trinajstić information content (AvgIpc) is 3.00. The van der Waals surface area contributed by atoms with Gasteiger partial charge in [-0.2, -0.15) is 0 Å². The zero-order chi connectivity index (χ0) is 11.8. The maximum atomic E-state index is 5.48. The van der Waals surface area contributed by atoms with Crippen molar-refractivity contribution in [3.05, 3.63) is 46.5 Å². The molecule has 0 bridgehead atoms. The van der Waals surface area contributed by atoms with Crippen LogP contribution in [0.3, 0.4) is 0 Å². The van der Waals surface area contributed by atoms with Gasteiger partial charge in [-0.1, -0.05) is 6.07 Å². The molecule has 0 saturated carbocycles. The first kappa shape index (κ1) is 12.4. The number of nitrogens with one attached hydrogen (secondary N) is 1. The van der Waals surface area contributed by atoms with Crippen molar-refractivity contribution in [3.8, 4) is 0 Å². The second-order valence-corrected chi connectivity index (χ2v) is 4.77. The lowest BCUT2D eigenvalue weighted by molar-refractivity contribution is 0.104. The molecule has 0 aliphatic carbocycles. The molecule has 92 valence electrons. The molecule has 4 heteroatoms. The van der Waals surface area contributed by atoms with Crippen LogP contribution in [-0.2, 0) is 17.9 Å². The Morgan fingerprint density at radius 1 is 1.29 bits per heavy atom. The Bertz CT molecular complexity index is 345. The number of hydrogen-bond acceptors (Lipinski definition) is 4. The van der Waals surface area contributed by atoms with E-state index in [1.807, 2.05) is 12.1 Å². The number of hydrogen-bond donors (Lipinski definition) is 1. The topological polar surface area (TPSA) is 34.4 Å². The summed E-state index contributed by atoms with van der Waals surface area (Å²) in [4.78, 5) is 1.38. The molecule has 17 heavy (non-hydrogen) atoms. The Morgan fingerprint density at radius 2 is 2.29 bits per heavy atom. The second-order valence-electron chi connectivity index (χ2n) is 3.74. The number of ether oxygens (including phenoxy) is 1. The highest BCUT2D eigenvalue weighted by Gasteiger charge is 1.96. The lowest BCUT2D eigenvalue weighted by Crippen LogP contribution is -2.15. The number of rotatable bonds is 8. The van der Waals surface area contributed by atoms with Gasteiger partial charge < -0.3 is 14.5 Å².